The second kappa shape index (κ2) is 7.12. The molecule has 0 fully saturated rings. The van der Waals surface area contributed by atoms with Gasteiger partial charge in [-0.25, -0.2) is 12.7 Å². The number of carbonyl (C=O) groups is 1. The highest BCUT2D eigenvalue weighted by Crippen LogP contribution is 2.23. The standard InChI is InChI=1S/C15H18N2O4S2/c1-17(2)23(19,20)14-9-8-13(22-14)10-16-15(18)11-4-6-12(21-3)7-5-11/h4-9H,10H2,1-3H3,(H,16,18). The van der Waals surface area contributed by atoms with Gasteiger partial charge in [0.1, 0.15) is 9.96 Å². The molecule has 0 radical (unpaired) electrons. The van der Waals surface area contributed by atoms with Gasteiger partial charge in [-0.3, -0.25) is 4.79 Å². The number of carbonyl (C=O) groups excluding carboxylic acids is 1. The number of rotatable bonds is 6. The maximum Gasteiger partial charge on any atom is 0.252 e. The van der Waals surface area contributed by atoms with E-state index >= 15 is 0 Å². The Morgan fingerprint density at radius 3 is 2.39 bits per heavy atom. The number of nitrogens with zero attached hydrogens (tertiary/aromatic N) is 1. The summed E-state index contributed by atoms with van der Waals surface area (Å²) in [5, 5.41) is 2.77. The van der Waals surface area contributed by atoms with Crippen molar-refractivity contribution >= 4 is 27.3 Å². The number of ether oxygens (including phenoxy) is 1. The number of amides is 1. The second-order valence-corrected chi connectivity index (χ2v) is 8.47. The van der Waals surface area contributed by atoms with Crippen LogP contribution in [-0.2, 0) is 16.6 Å². The maximum absolute atomic E-state index is 12.1. The smallest absolute Gasteiger partial charge is 0.252 e. The zero-order valence-electron chi connectivity index (χ0n) is 13.1. The first-order chi connectivity index (χ1) is 10.8. The van der Waals surface area contributed by atoms with Crippen LogP contribution >= 0.6 is 11.3 Å². The van der Waals surface area contributed by atoms with E-state index in [1.54, 1.807) is 43.5 Å². The highest BCUT2D eigenvalue weighted by molar-refractivity contribution is 7.91. The maximum atomic E-state index is 12.1. The molecule has 6 nitrogen and oxygen atoms in total. The molecule has 124 valence electrons. The average molecular weight is 354 g/mol. The summed E-state index contributed by atoms with van der Waals surface area (Å²) in [7, 11) is 1.10. The van der Waals surface area contributed by atoms with Crippen LogP contribution in [0.1, 0.15) is 15.2 Å². The third-order valence-corrected chi connectivity index (χ3v) is 6.52. The predicted molar refractivity (Wildman–Crippen MR) is 89.4 cm³/mol. The van der Waals surface area contributed by atoms with Crippen LogP contribution in [0.5, 0.6) is 5.75 Å². The number of hydrogen-bond acceptors (Lipinski definition) is 5. The van der Waals surface area contributed by atoms with Gasteiger partial charge in [0, 0.05) is 24.5 Å². The molecule has 0 unspecified atom stereocenters. The van der Waals surface area contributed by atoms with Gasteiger partial charge in [-0.1, -0.05) is 0 Å². The quantitative estimate of drug-likeness (QED) is 0.860. The highest BCUT2D eigenvalue weighted by atomic mass is 32.2. The number of thiophene rings is 1. The van der Waals surface area contributed by atoms with Gasteiger partial charge in [-0.15, -0.1) is 11.3 Å². The fraction of sp³-hybridized carbons (Fsp3) is 0.267. The van der Waals surface area contributed by atoms with Crippen LogP contribution in [-0.4, -0.2) is 39.8 Å². The minimum atomic E-state index is -3.43. The Labute approximate surface area is 139 Å². The van der Waals surface area contributed by atoms with Gasteiger partial charge in [-0.2, -0.15) is 0 Å². The van der Waals surface area contributed by atoms with Crippen molar-refractivity contribution in [3.8, 4) is 5.75 Å². The van der Waals surface area contributed by atoms with Crippen molar-refractivity contribution in [2.45, 2.75) is 10.8 Å². The molecule has 0 spiro atoms. The molecule has 2 rings (SSSR count). The fourth-order valence-corrected chi connectivity index (χ4v) is 4.25. The van der Waals surface area contributed by atoms with Crippen molar-refractivity contribution in [1.29, 1.82) is 0 Å². The summed E-state index contributed by atoms with van der Waals surface area (Å²) in [4.78, 5) is 12.8. The van der Waals surface area contributed by atoms with Crippen molar-refractivity contribution in [2.24, 2.45) is 0 Å². The lowest BCUT2D eigenvalue weighted by molar-refractivity contribution is 0.0951. The topological polar surface area (TPSA) is 75.7 Å². The summed E-state index contributed by atoms with van der Waals surface area (Å²) in [6.07, 6.45) is 0. The molecule has 0 aliphatic carbocycles. The van der Waals surface area contributed by atoms with Crippen LogP contribution in [0.4, 0.5) is 0 Å². The van der Waals surface area contributed by atoms with Gasteiger partial charge >= 0.3 is 0 Å². The van der Waals surface area contributed by atoms with E-state index in [4.69, 9.17) is 4.74 Å². The van der Waals surface area contributed by atoms with Crippen molar-refractivity contribution in [1.82, 2.24) is 9.62 Å². The minimum absolute atomic E-state index is 0.224. The van der Waals surface area contributed by atoms with E-state index in [0.717, 1.165) is 16.2 Å². The number of hydrogen-bond donors (Lipinski definition) is 1. The Balaban J connectivity index is 2.01. The van der Waals surface area contributed by atoms with Crippen molar-refractivity contribution in [3.63, 3.8) is 0 Å². The summed E-state index contributed by atoms with van der Waals surface area (Å²) in [5.74, 6) is 0.455. The van der Waals surface area contributed by atoms with Crippen LogP contribution in [0.2, 0.25) is 0 Å². The normalized spacial score (nSPS) is 11.5. The van der Waals surface area contributed by atoms with Gasteiger partial charge in [0.2, 0.25) is 0 Å². The zero-order chi connectivity index (χ0) is 17.0. The molecule has 2 aromatic rings. The molecule has 0 atom stereocenters. The molecule has 0 aliphatic rings. The van der Waals surface area contributed by atoms with E-state index in [1.165, 1.54) is 18.4 Å². The number of sulfonamides is 1. The van der Waals surface area contributed by atoms with Crippen LogP contribution in [0.15, 0.2) is 40.6 Å². The first kappa shape index (κ1) is 17.5. The summed E-state index contributed by atoms with van der Waals surface area (Å²) in [6.45, 7) is 0.276. The van der Waals surface area contributed by atoms with E-state index < -0.39 is 10.0 Å². The monoisotopic (exact) mass is 354 g/mol. The lowest BCUT2D eigenvalue weighted by Gasteiger charge is -2.08. The number of methoxy groups -OCH3 is 1. The number of nitrogens with one attached hydrogen (secondary N) is 1. The van der Waals surface area contributed by atoms with E-state index in [1.807, 2.05) is 0 Å². The van der Waals surface area contributed by atoms with Crippen LogP contribution in [0.25, 0.3) is 0 Å². The molecule has 1 N–H and O–H groups in total. The number of benzene rings is 1. The molecule has 1 aromatic carbocycles. The van der Waals surface area contributed by atoms with Crippen molar-refractivity contribution in [2.75, 3.05) is 21.2 Å². The predicted octanol–water partition coefficient (Wildman–Crippen LogP) is 1.94. The van der Waals surface area contributed by atoms with Gasteiger partial charge in [-0.05, 0) is 36.4 Å². The first-order valence-corrected chi connectivity index (χ1v) is 9.03. The van der Waals surface area contributed by atoms with Gasteiger partial charge in [0.05, 0.1) is 13.7 Å². The highest BCUT2D eigenvalue weighted by Gasteiger charge is 2.19. The van der Waals surface area contributed by atoms with Crippen LogP contribution in [0, 0.1) is 0 Å². The van der Waals surface area contributed by atoms with Crippen LogP contribution in [0.3, 0.4) is 0 Å². The minimum Gasteiger partial charge on any atom is -0.497 e. The summed E-state index contributed by atoms with van der Waals surface area (Å²) < 4.78 is 30.5. The van der Waals surface area contributed by atoms with E-state index in [2.05, 4.69) is 5.32 Å². The third kappa shape index (κ3) is 4.10. The molecule has 1 heterocycles. The van der Waals surface area contributed by atoms with Crippen molar-refractivity contribution in [3.05, 3.63) is 46.8 Å². The largest absolute Gasteiger partial charge is 0.497 e. The Morgan fingerprint density at radius 2 is 1.83 bits per heavy atom. The molecule has 0 saturated carbocycles. The summed E-state index contributed by atoms with van der Waals surface area (Å²) >= 11 is 1.15. The third-order valence-electron chi connectivity index (χ3n) is 3.15. The van der Waals surface area contributed by atoms with E-state index in [0.29, 0.717) is 11.3 Å². The molecule has 23 heavy (non-hydrogen) atoms. The Bertz CT molecular complexity index is 780. The van der Waals surface area contributed by atoms with Gasteiger partial charge in [0.25, 0.3) is 15.9 Å². The molecule has 1 amide bonds. The molecular formula is C15H18N2O4S2. The van der Waals surface area contributed by atoms with Crippen molar-refractivity contribution < 1.29 is 17.9 Å². The Kier molecular flexibility index (Phi) is 5.40. The summed E-state index contributed by atoms with van der Waals surface area (Å²) in [6, 6.07) is 10.0. The fourth-order valence-electron chi connectivity index (χ4n) is 1.78. The van der Waals surface area contributed by atoms with E-state index in [-0.39, 0.29) is 16.7 Å². The molecular weight excluding hydrogens is 336 g/mol. The second-order valence-electron chi connectivity index (χ2n) is 4.92. The zero-order valence-corrected chi connectivity index (χ0v) is 14.7. The molecule has 0 bridgehead atoms. The molecule has 0 aliphatic heterocycles. The lowest BCUT2D eigenvalue weighted by atomic mass is 10.2. The first-order valence-electron chi connectivity index (χ1n) is 6.78. The molecule has 0 saturated heterocycles. The summed E-state index contributed by atoms with van der Waals surface area (Å²) in [5.41, 5.74) is 0.517. The Morgan fingerprint density at radius 1 is 1.17 bits per heavy atom. The van der Waals surface area contributed by atoms with Gasteiger partial charge < -0.3 is 10.1 Å². The SMILES string of the molecule is COc1ccc(C(=O)NCc2ccc(S(=O)(=O)N(C)C)s2)cc1. The lowest BCUT2D eigenvalue weighted by Crippen LogP contribution is -2.22. The average Bonchev–Trinajstić information content (AvgIpc) is 3.02. The van der Waals surface area contributed by atoms with Gasteiger partial charge in [0.15, 0.2) is 0 Å². The van der Waals surface area contributed by atoms with Crippen LogP contribution < -0.4 is 10.1 Å². The Hall–Kier alpha value is -1.90. The molecule has 1 aromatic heterocycles. The van der Waals surface area contributed by atoms with E-state index in [9.17, 15) is 13.2 Å². The molecule has 8 heteroatoms.